The fraction of sp³-hybridized carbons (Fsp3) is 0.429. The molecular formula is C14H19N3O. The highest BCUT2D eigenvalue weighted by Gasteiger charge is 2.17. The number of hydrogen-bond donors (Lipinski definition) is 1. The molecule has 0 amide bonds. The fourth-order valence-electron chi connectivity index (χ4n) is 2.02. The summed E-state index contributed by atoms with van der Waals surface area (Å²) in [7, 11) is 0. The molecule has 2 N–H and O–H groups in total. The highest BCUT2D eigenvalue weighted by Crippen LogP contribution is 2.21. The highest BCUT2D eigenvalue weighted by molar-refractivity contribution is 5.35. The monoisotopic (exact) mass is 245 g/mol. The predicted molar refractivity (Wildman–Crippen MR) is 70.2 cm³/mol. The van der Waals surface area contributed by atoms with Crippen molar-refractivity contribution < 1.29 is 4.52 Å². The topological polar surface area (TPSA) is 64.9 Å². The maximum atomic E-state index is 6.19. The number of aromatic nitrogens is 2. The zero-order valence-corrected chi connectivity index (χ0v) is 11.1. The van der Waals surface area contributed by atoms with Crippen molar-refractivity contribution in [3.63, 3.8) is 0 Å². The molecule has 4 heteroatoms. The van der Waals surface area contributed by atoms with Gasteiger partial charge < -0.3 is 10.3 Å². The Kier molecular flexibility index (Phi) is 3.77. The second-order valence-electron chi connectivity index (χ2n) is 4.63. The van der Waals surface area contributed by atoms with Crippen LogP contribution >= 0.6 is 0 Å². The van der Waals surface area contributed by atoms with Crippen LogP contribution in [-0.2, 0) is 6.42 Å². The minimum absolute atomic E-state index is 0.319. The van der Waals surface area contributed by atoms with Crippen molar-refractivity contribution in [3.05, 3.63) is 46.6 Å². The second-order valence-corrected chi connectivity index (χ2v) is 4.63. The molecule has 1 aromatic carbocycles. The van der Waals surface area contributed by atoms with Gasteiger partial charge in [0, 0.05) is 6.42 Å². The number of aryl methyl sites for hydroxylation is 3. The molecule has 0 saturated carbocycles. The first kappa shape index (κ1) is 12.8. The fourth-order valence-corrected chi connectivity index (χ4v) is 2.02. The van der Waals surface area contributed by atoms with Gasteiger partial charge in [0.2, 0.25) is 5.89 Å². The molecule has 1 unspecified atom stereocenters. The van der Waals surface area contributed by atoms with Gasteiger partial charge in [0.05, 0.1) is 6.04 Å². The predicted octanol–water partition coefficient (Wildman–Crippen LogP) is 2.69. The molecule has 18 heavy (non-hydrogen) atoms. The van der Waals surface area contributed by atoms with Gasteiger partial charge in [0.15, 0.2) is 5.82 Å². The molecule has 0 aliphatic carbocycles. The van der Waals surface area contributed by atoms with Gasteiger partial charge in [-0.3, -0.25) is 0 Å². The zero-order valence-electron chi connectivity index (χ0n) is 11.1. The average molecular weight is 245 g/mol. The normalized spacial score (nSPS) is 12.7. The van der Waals surface area contributed by atoms with Gasteiger partial charge in [-0.25, -0.2) is 0 Å². The molecule has 0 radical (unpaired) electrons. The lowest BCUT2D eigenvalue weighted by Crippen LogP contribution is -2.15. The Morgan fingerprint density at radius 2 is 2.11 bits per heavy atom. The van der Waals surface area contributed by atoms with Crippen molar-refractivity contribution in [2.45, 2.75) is 39.7 Å². The van der Waals surface area contributed by atoms with Crippen LogP contribution < -0.4 is 5.73 Å². The van der Waals surface area contributed by atoms with Crippen molar-refractivity contribution in [1.29, 1.82) is 0 Å². The number of hydrogen-bond acceptors (Lipinski definition) is 4. The van der Waals surface area contributed by atoms with Crippen molar-refractivity contribution in [2.75, 3.05) is 0 Å². The van der Waals surface area contributed by atoms with Crippen LogP contribution in [0.5, 0.6) is 0 Å². The van der Waals surface area contributed by atoms with E-state index in [0.717, 1.165) is 24.0 Å². The van der Waals surface area contributed by atoms with Crippen LogP contribution in [-0.4, -0.2) is 10.1 Å². The summed E-state index contributed by atoms with van der Waals surface area (Å²) in [6.07, 6.45) is 1.78. The molecule has 0 spiro atoms. The third-order valence-corrected chi connectivity index (χ3v) is 2.99. The van der Waals surface area contributed by atoms with Crippen molar-refractivity contribution in [3.8, 4) is 0 Å². The quantitative estimate of drug-likeness (QED) is 0.899. The van der Waals surface area contributed by atoms with E-state index in [1.807, 2.05) is 6.07 Å². The summed E-state index contributed by atoms with van der Waals surface area (Å²) in [5, 5.41) is 3.96. The van der Waals surface area contributed by atoms with E-state index >= 15 is 0 Å². The summed E-state index contributed by atoms with van der Waals surface area (Å²) in [6, 6.07) is 5.88. The molecule has 0 saturated heterocycles. The average Bonchev–Trinajstić information content (AvgIpc) is 2.77. The maximum absolute atomic E-state index is 6.19. The lowest BCUT2D eigenvalue weighted by atomic mass is 9.99. The molecule has 1 atom stereocenters. The third kappa shape index (κ3) is 2.59. The van der Waals surface area contributed by atoms with Gasteiger partial charge in [-0.15, -0.1) is 0 Å². The summed E-state index contributed by atoms with van der Waals surface area (Å²) in [6.45, 7) is 6.19. The summed E-state index contributed by atoms with van der Waals surface area (Å²) in [5.41, 5.74) is 9.62. The van der Waals surface area contributed by atoms with E-state index in [4.69, 9.17) is 10.3 Å². The summed E-state index contributed by atoms with van der Waals surface area (Å²) < 4.78 is 5.17. The van der Waals surface area contributed by atoms with Gasteiger partial charge >= 0.3 is 0 Å². The Morgan fingerprint density at radius 3 is 2.78 bits per heavy atom. The maximum Gasteiger partial charge on any atom is 0.226 e. The molecule has 96 valence electrons. The van der Waals surface area contributed by atoms with Crippen LogP contribution in [0.4, 0.5) is 0 Å². The number of benzene rings is 1. The summed E-state index contributed by atoms with van der Waals surface area (Å²) >= 11 is 0. The Labute approximate surface area is 107 Å². The van der Waals surface area contributed by atoms with Gasteiger partial charge in [-0.05, 0) is 31.4 Å². The van der Waals surface area contributed by atoms with E-state index in [1.54, 1.807) is 0 Å². The smallest absolute Gasteiger partial charge is 0.226 e. The Hall–Kier alpha value is -1.68. The highest BCUT2D eigenvalue weighted by atomic mass is 16.5. The SMILES string of the molecule is CCCc1nc(C(N)c2ccc(C)cc2C)no1. The van der Waals surface area contributed by atoms with Gasteiger partial charge in [-0.2, -0.15) is 4.98 Å². The molecule has 0 aliphatic heterocycles. The molecule has 2 rings (SSSR count). The first-order chi connectivity index (χ1) is 8.61. The van der Waals surface area contributed by atoms with Crippen molar-refractivity contribution in [2.24, 2.45) is 5.73 Å². The van der Waals surface area contributed by atoms with Gasteiger partial charge in [0.25, 0.3) is 0 Å². The second kappa shape index (κ2) is 5.31. The molecule has 4 nitrogen and oxygen atoms in total. The van der Waals surface area contributed by atoms with Crippen molar-refractivity contribution in [1.82, 2.24) is 10.1 Å². The number of rotatable bonds is 4. The molecule has 0 aliphatic rings. The first-order valence-electron chi connectivity index (χ1n) is 6.27. The van der Waals surface area contributed by atoms with Crippen molar-refractivity contribution >= 4 is 0 Å². The van der Waals surface area contributed by atoms with Gasteiger partial charge in [0.1, 0.15) is 0 Å². The van der Waals surface area contributed by atoms with Crippen LogP contribution in [0.15, 0.2) is 22.7 Å². The van der Waals surface area contributed by atoms with Gasteiger partial charge in [-0.1, -0.05) is 35.8 Å². The molecular weight excluding hydrogens is 226 g/mol. The van der Waals surface area contributed by atoms with Crippen LogP contribution in [0, 0.1) is 13.8 Å². The van der Waals surface area contributed by atoms with E-state index in [2.05, 4.69) is 43.0 Å². The largest absolute Gasteiger partial charge is 0.339 e. The zero-order chi connectivity index (χ0) is 13.1. The minimum atomic E-state index is -0.319. The van der Waals surface area contributed by atoms with E-state index in [1.165, 1.54) is 5.56 Å². The molecule has 1 heterocycles. The Bertz CT molecular complexity index is 534. The molecule has 2 aromatic rings. The van der Waals surface area contributed by atoms with E-state index in [0.29, 0.717) is 11.7 Å². The molecule has 1 aromatic heterocycles. The lowest BCUT2D eigenvalue weighted by Gasteiger charge is -2.11. The Morgan fingerprint density at radius 1 is 1.33 bits per heavy atom. The van der Waals surface area contributed by atoms with E-state index in [9.17, 15) is 0 Å². The van der Waals surface area contributed by atoms with Crippen LogP contribution in [0.1, 0.15) is 47.8 Å². The summed E-state index contributed by atoms with van der Waals surface area (Å²) in [5.74, 6) is 1.22. The van der Waals surface area contributed by atoms with Crippen LogP contribution in [0.2, 0.25) is 0 Å². The number of nitrogens with zero attached hydrogens (tertiary/aromatic N) is 2. The standard InChI is InChI=1S/C14H19N3O/c1-4-5-12-16-14(17-18-12)13(15)11-7-6-9(2)8-10(11)3/h6-8,13H,4-5,15H2,1-3H3. The van der Waals surface area contributed by atoms with E-state index < -0.39 is 0 Å². The van der Waals surface area contributed by atoms with Crippen LogP contribution in [0.25, 0.3) is 0 Å². The minimum Gasteiger partial charge on any atom is -0.339 e. The van der Waals surface area contributed by atoms with E-state index in [-0.39, 0.29) is 6.04 Å². The molecule has 0 bridgehead atoms. The first-order valence-corrected chi connectivity index (χ1v) is 6.27. The summed E-state index contributed by atoms with van der Waals surface area (Å²) in [4.78, 5) is 4.34. The third-order valence-electron chi connectivity index (χ3n) is 2.99. The Balaban J connectivity index is 2.26. The number of nitrogens with two attached hydrogens (primary N) is 1. The lowest BCUT2D eigenvalue weighted by molar-refractivity contribution is 0.370. The molecule has 0 fully saturated rings. The van der Waals surface area contributed by atoms with Crippen LogP contribution in [0.3, 0.4) is 0 Å².